The van der Waals surface area contributed by atoms with E-state index >= 15 is 0 Å². The summed E-state index contributed by atoms with van der Waals surface area (Å²) in [6.07, 6.45) is 1.47. The molecule has 0 fully saturated rings. The minimum absolute atomic E-state index is 0. The number of nitrogens with one attached hydrogen (secondary N) is 1. The molecule has 0 spiro atoms. The van der Waals surface area contributed by atoms with E-state index in [0.717, 1.165) is 16.8 Å². The number of hydrogen-bond donors (Lipinski definition) is 1. The molecular formula is C19H18ClN3O4. The van der Waals surface area contributed by atoms with Crippen molar-refractivity contribution in [1.29, 1.82) is 0 Å². The summed E-state index contributed by atoms with van der Waals surface area (Å²) in [4.78, 5) is 20.9. The number of carbonyl (C=O) groups excluding carboxylic acids is 1. The Balaban J connectivity index is 0.00000210. The summed E-state index contributed by atoms with van der Waals surface area (Å²) in [6.45, 7) is 2.93. The maximum absolute atomic E-state index is 12.2. The van der Waals surface area contributed by atoms with Gasteiger partial charge in [-0.05, 0) is 31.2 Å². The molecular weight excluding hydrogens is 370 g/mol. The van der Waals surface area contributed by atoms with E-state index in [1.165, 1.54) is 13.3 Å². The molecule has 27 heavy (non-hydrogen) atoms. The topological polar surface area (TPSA) is 82.6 Å². The Labute approximate surface area is 162 Å². The zero-order chi connectivity index (χ0) is 18.1. The molecule has 4 rings (SSSR count). The molecule has 3 heterocycles. The number of fused-ring (bicyclic) bond motifs is 2. The third-order valence-electron chi connectivity index (χ3n) is 4.09. The average molecular weight is 388 g/mol. The molecule has 1 aliphatic heterocycles. The van der Waals surface area contributed by atoms with Crippen LogP contribution in [0.15, 0.2) is 36.5 Å². The first-order valence-corrected chi connectivity index (χ1v) is 8.17. The van der Waals surface area contributed by atoms with Crippen molar-refractivity contribution in [2.75, 3.05) is 25.6 Å². The van der Waals surface area contributed by atoms with Gasteiger partial charge in [0.25, 0.3) is 0 Å². The molecule has 8 heteroatoms. The first-order valence-electron chi connectivity index (χ1n) is 8.17. The number of benzene rings is 1. The molecule has 0 saturated heterocycles. The van der Waals surface area contributed by atoms with Gasteiger partial charge in [0, 0.05) is 29.0 Å². The Morgan fingerprint density at radius 2 is 1.93 bits per heavy atom. The monoisotopic (exact) mass is 387 g/mol. The van der Waals surface area contributed by atoms with Crippen LogP contribution in [-0.2, 0) is 4.74 Å². The summed E-state index contributed by atoms with van der Waals surface area (Å²) < 4.78 is 16.1. The molecule has 0 aliphatic carbocycles. The molecule has 0 unspecified atom stereocenters. The van der Waals surface area contributed by atoms with Crippen LogP contribution in [0.25, 0.3) is 11.0 Å². The SMILES string of the molecule is COC(=O)c1cnc2nc(C)ccc2c1Nc1ccc2c(c1)OCCO2.Cl. The van der Waals surface area contributed by atoms with Gasteiger partial charge in [0.2, 0.25) is 0 Å². The summed E-state index contributed by atoms with van der Waals surface area (Å²) in [6, 6.07) is 9.30. The number of pyridine rings is 2. The van der Waals surface area contributed by atoms with Gasteiger partial charge in [0.05, 0.1) is 12.8 Å². The number of anilines is 2. The molecule has 0 atom stereocenters. The summed E-state index contributed by atoms with van der Waals surface area (Å²) in [5, 5.41) is 4.01. The van der Waals surface area contributed by atoms with E-state index in [1.54, 1.807) is 0 Å². The van der Waals surface area contributed by atoms with Crippen LogP contribution in [-0.4, -0.2) is 36.3 Å². The third kappa shape index (κ3) is 3.59. The lowest BCUT2D eigenvalue weighted by Gasteiger charge is -2.20. The zero-order valence-electron chi connectivity index (χ0n) is 14.8. The quantitative estimate of drug-likeness (QED) is 0.686. The molecule has 1 aliphatic rings. The number of aromatic nitrogens is 2. The average Bonchev–Trinajstić information content (AvgIpc) is 2.67. The lowest BCUT2D eigenvalue weighted by Crippen LogP contribution is -2.15. The van der Waals surface area contributed by atoms with E-state index in [2.05, 4.69) is 15.3 Å². The number of hydrogen-bond acceptors (Lipinski definition) is 7. The summed E-state index contributed by atoms with van der Waals surface area (Å²) in [5.74, 6) is 0.889. The number of nitrogens with zero attached hydrogens (tertiary/aromatic N) is 2. The van der Waals surface area contributed by atoms with E-state index in [9.17, 15) is 4.79 Å². The number of methoxy groups -OCH3 is 1. The van der Waals surface area contributed by atoms with Gasteiger partial charge in [-0.25, -0.2) is 14.8 Å². The van der Waals surface area contributed by atoms with Crippen LogP contribution in [0.1, 0.15) is 16.1 Å². The fraction of sp³-hybridized carbons (Fsp3) is 0.211. The van der Waals surface area contributed by atoms with Gasteiger partial charge in [-0.15, -0.1) is 12.4 Å². The number of esters is 1. The minimum Gasteiger partial charge on any atom is -0.486 e. The van der Waals surface area contributed by atoms with E-state index in [1.807, 2.05) is 37.3 Å². The smallest absolute Gasteiger partial charge is 0.341 e. The Hall–Kier alpha value is -3.06. The van der Waals surface area contributed by atoms with E-state index in [0.29, 0.717) is 41.6 Å². The number of rotatable bonds is 3. The molecule has 0 bridgehead atoms. The van der Waals surface area contributed by atoms with Crippen molar-refractivity contribution in [3.05, 3.63) is 47.8 Å². The van der Waals surface area contributed by atoms with Gasteiger partial charge >= 0.3 is 5.97 Å². The molecule has 0 saturated carbocycles. The Kier molecular flexibility index (Phi) is 5.32. The highest BCUT2D eigenvalue weighted by Crippen LogP contribution is 2.35. The highest BCUT2D eigenvalue weighted by Gasteiger charge is 2.18. The lowest BCUT2D eigenvalue weighted by molar-refractivity contribution is 0.0601. The van der Waals surface area contributed by atoms with Crippen LogP contribution in [0.4, 0.5) is 11.4 Å². The predicted octanol–water partition coefficient (Wildman–Crippen LogP) is 3.66. The fourth-order valence-corrected chi connectivity index (χ4v) is 2.84. The van der Waals surface area contributed by atoms with Crippen molar-refractivity contribution in [3.63, 3.8) is 0 Å². The highest BCUT2D eigenvalue weighted by molar-refractivity contribution is 6.05. The van der Waals surface area contributed by atoms with Crippen LogP contribution in [0.5, 0.6) is 11.5 Å². The first kappa shape index (κ1) is 18.7. The summed E-state index contributed by atoms with van der Waals surface area (Å²) >= 11 is 0. The minimum atomic E-state index is -0.472. The standard InChI is InChI=1S/C19H17N3O4.ClH/c1-11-3-5-13-17(14(19(23)24-2)10-20-18(13)21-11)22-12-4-6-15-16(9-12)26-8-7-25-15;/h3-6,9-10H,7-8H2,1-2H3,(H,20,21,22);1H. The van der Waals surface area contributed by atoms with Crippen LogP contribution in [0.3, 0.4) is 0 Å². The highest BCUT2D eigenvalue weighted by atomic mass is 35.5. The Morgan fingerprint density at radius 1 is 1.15 bits per heavy atom. The third-order valence-corrected chi connectivity index (χ3v) is 4.09. The fourth-order valence-electron chi connectivity index (χ4n) is 2.84. The van der Waals surface area contributed by atoms with Crippen molar-refractivity contribution < 1.29 is 19.0 Å². The second-order valence-corrected chi connectivity index (χ2v) is 5.85. The number of ether oxygens (including phenoxy) is 3. The maximum atomic E-state index is 12.2. The van der Waals surface area contributed by atoms with Crippen LogP contribution in [0, 0.1) is 6.92 Å². The van der Waals surface area contributed by atoms with Gasteiger partial charge < -0.3 is 19.5 Å². The van der Waals surface area contributed by atoms with Crippen LogP contribution < -0.4 is 14.8 Å². The molecule has 0 radical (unpaired) electrons. The molecule has 0 amide bonds. The van der Waals surface area contributed by atoms with Gasteiger partial charge in [0.15, 0.2) is 17.1 Å². The number of halogens is 1. The van der Waals surface area contributed by atoms with Crippen molar-refractivity contribution >= 4 is 40.8 Å². The van der Waals surface area contributed by atoms with Gasteiger partial charge in [0.1, 0.15) is 18.8 Å². The second-order valence-electron chi connectivity index (χ2n) is 5.85. The lowest BCUT2D eigenvalue weighted by atomic mass is 10.1. The van der Waals surface area contributed by atoms with Gasteiger partial charge in [-0.2, -0.15) is 0 Å². The summed E-state index contributed by atoms with van der Waals surface area (Å²) in [5.41, 5.74) is 3.08. The molecule has 140 valence electrons. The van der Waals surface area contributed by atoms with Crippen molar-refractivity contribution in [3.8, 4) is 11.5 Å². The van der Waals surface area contributed by atoms with Gasteiger partial charge in [-0.3, -0.25) is 0 Å². The molecule has 1 aromatic carbocycles. The first-order chi connectivity index (χ1) is 12.7. The molecule has 1 N–H and O–H groups in total. The van der Waals surface area contributed by atoms with E-state index in [4.69, 9.17) is 14.2 Å². The predicted molar refractivity (Wildman–Crippen MR) is 104 cm³/mol. The second kappa shape index (κ2) is 7.67. The molecule has 2 aromatic heterocycles. The zero-order valence-corrected chi connectivity index (χ0v) is 15.6. The maximum Gasteiger partial charge on any atom is 0.341 e. The molecule has 3 aromatic rings. The summed E-state index contributed by atoms with van der Waals surface area (Å²) in [7, 11) is 1.34. The van der Waals surface area contributed by atoms with Crippen LogP contribution in [0.2, 0.25) is 0 Å². The number of carbonyl (C=O) groups is 1. The van der Waals surface area contributed by atoms with Crippen molar-refractivity contribution in [2.24, 2.45) is 0 Å². The van der Waals surface area contributed by atoms with Crippen molar-refractivity contribution in [2.45, 2.75) is 6.92 Å². The van der Waals surface area contributed by atoms with Crippen molar-refractivity contribution in [1.82, 2.24) is 9.97 Å². The van der Waals surface area contributed by atoms with E-state index in [-0.39, 0.29) is 12.4 Å². The normalized spacial score (nSPS) is 12.2. The van der Waals surface area contributed by atoms with E-state index < -0.39 is 5.97 Å². The van der Waals surface area contributed by atoms with Crippen LogP contribution >= 0.6 is 12.4 Å². The Bertz CT molecular complexity index is 1010. The largest absolute Gasteiger partial charge is 0.486 e. The number of aryl methyl sites for hydroxylation is 1. The van der Waals surface area contributed by atoms with Gasteiger partial charge in [-0.1, -0.05) is 0 Å². The molecule has 7 nitrogen and oxygen atoms in total. The Morgan fingerprint density at radius 3 is 2.70 bits per heavy atom.